The average molecular weight is 360 g/mol. The van der Waals surface area contributed by atoms with Crippen molar-refractivity contribution in [3.05, 3.63) is 59.1 Å². The summed E-state index contributed by atoms with van der Waals surface area (Å²) in [6.07, 6.45) is 1.19. The molecule has 0 heterocycles. The first-order valence-corrected chi connectivity index (χ1v) is 8.40. The number of nitrogens with one attached hydrogen (secondary N) is 2. The van der Waals surface area contributed by atoms with E-state index in [0.29, 0.717) is 23.6 Å². The van der Waals surface area contributed by atoms with E-state index in [9.17, 15) is 9.59 Å². The first-order valence-electron chi connectivity index (χ1n) is 8.02. The topological polar surface area (TPSA) is 61.4 Å². The molecule has 0 aliphatic heterocycles. The minimum Gasteiger partial charge on any atom is -0.376 e. The molecule has 2 N–H and O–H groups in total. The van der Waals surface area contributed by atoms with E-state index in [1.807, 2.05) is 24.3 Å². The van der Waals surface area contributed by atoms with Gasteiger partial charge in [-0.1, -0.05) is 29.8 Å². The second-order valence-corrected chi connectivity index (χ2v) is 6.33. The van der Waals surface area contributed by atoms with E-state index in [2.05, 4.69) is 10.6 Å². The maximum atomic E-state index is 11.9. The number of aryl methyl sites for hydroxylation is 1. The monoisotopic (exact) mass is 359 g/mol. The van der Waals surface area contributed by atoms with Crippen LogP contribution in [0.1, 0.15) is 12.0 Å². The fraction of sp³-hybridized carbons (Fsp3) is 0.263. The van der Waals surface area contributed by atoms with Crippen molar-refractivity contribution in [1.82, 2.24) is 4.90 Å². The summed E-state index contributed by atoms with van der Waals surface area (Å²) >= 11 is 5.89. The zero-order valence-electron chi connectivity index (χ0n) is 14.4. The highest BCUT2D eigenvalue weighted by atomic mass is 35.5. The normalized spacial score (nSPS) is 10.2. The van der Waals surface area contributed by atoms with Gasteiger partial charge < -0.3 is 15.5 Å². The zero-order chi connectivity index (χ0) is 18.2. The Balaban J connectivity index is 1.79. The molecular weight excluding hydrogens is 338 g/mol. The molecule has 0 spiro atoms. The molecule has 2 aromatic rings. The molecule has 132 valence electrons. The number of hydrogen-bond donors (Lipinski definition) is 2. The molecule has 6 heteroatoms. The molecule has 2 rings (SSSR count). The second-order valence-electron chi connectivity index (χ2n) is 5.90. The van der Waals surface area contributed by atoms with E-state index < -0.39 is 0 Å². The highest BCUT2D eigenvalue weighted by molar-refractivity contribution is 6.30. The van der Waals surface area contributed by atoms with Crippen LogP contribution in [0.2, 0.25) is 5.02 Å². The fourth-order valence-electron chi connectivity index (χ4n) is 2.22. The Morgan fingerprint density at radius 1 is 1.04 bits per heavy atom. The Kier molecular flexibility index (Phi) is 6.83. The molecule has 0 atom stereocenters. The number of halogens is 1. The molecule has 0 radical (unpaired) electrons. The molecule has 0 aliphatic rings. The molecule has 0 saturated carbocycles. The SMILES string of the molecule is CN(C)C(=O)CCc1ccc(NCC(=O)Nc2cccc(Cl)c2)cc1. The highest BCUT2D eigenvalue weighted by Gasteiger charge is 2.05. The number of anilines is 2. The molecule has 25 heavy (non-hydrogen) atoms. The molecule has 0 bridgehead atoms. The van der Waals surface area contributed by atoms with Gasteiger partial charge in [0, 0.05) is 36.9 Å². The molecule has 0 aliphatic carbocycles. The predicted octanol–water partition coefficient (Wildman–Crippen LogP) is 3.41. The lowest BCUT2D eigenvalue weighted by Gasteiger charge is -2.11. The van der Waals surface area contributed by atoms with Gasteiger partial charge in [-0.25, -0.2) is 0 Å². The largest absolute Gasteiger partial charge is 0.376 e. The summed E-state index contributed by atoms with van der Waals surface area (Å²) in [5.74, 6) is -0.0391. The van der Waals surface area contributed by atoms with Crippen LogP contribution in [-0.2, 0) is 16.0 Å². The first-order chi connectivity index (χ1) is 11.9. The van der Waals surface area contributed by atoms with Gasteiger partial charge in [0.1, 0.15) is 0 Å². The highest BCUT2D eigenvalue weighted by Crippen LogP contribution is 2.15. The van der Waals surface area contributed by atoms with E-state index in [0.717, 1.165) is 11.3 Å². The zero-order valence-corrected chi connectivity index (χ0v) is 15.1. The average Bonchev–Trinajstić information content (AvgIpc) is 2.58. The van der Waals surface area contributed by atoms with Crippen LogP contribution in [0.25, 0.3) is 0 Å². The van der Waals surface area contributed by atoms with Gasteiger partial charge in [-0.2, -0.15) is 0 Å². The van der Waals surface area contributed by atoms with E-state index in [1.165, 1.54) is 0 Å². The molecule has 2 aromatic carbocycles. The van der Waals surface area contributed by atoms with Crippen LogP contribution in [0.3, 0.4) is 0 Å². The summed E-state index contributed by atoms with van der Waals surface area (Å²) in [6, 6.07) is 14.7. The van der Waals surface area contributed by atoms with Crippen LogP contribution < -0.4 is 10.6 Å². The number of amides is 2. The Morgan fingerprint density at radius 2 is 1.76 bits per heavy atom. The molecule has 0 saturated heterocycles. The number of carbonyl (C=O) groups is 2. The molecule has 0 unspecified atom stereocenters. The molecule has 0 aromatic heterocycles. The fourth-order valence-corrected chi connectivity index (χ4v) is 2.41. The van der Waals surface area contributed by atoms with Crippen molar-refractivity contribution in [3.63, 3.8) is 0 Å². The minimum absolute atomic E-state index is 0.111. The molecule has 5 nitrogen and oxygen atoms in total. The van der Waals surface area contributed by atoms with Gasteiger partial charge in [-0.15, -0.1) is 0 Å². The van der Waals surface area contributed by atoms with E-state index in [-0.39, 0.29) is 18.4 Å². The van der Waals surface area contributed by atoms with Crippen molar-refractivity contribution in [2.75, 3.05) is 31.3 Å². The van der Waals surface area contributed by atoms with Crippen LogP contribution >= 0.6 is 11.6 Å². The van der Waals surface area contributed by atoms with Crippen LogP contribution in [0.5, 0.6) is 0 Å². The maximum Gasteiger partial charge on any atom is 0.243 e. The lowest BCUT2D eigenvalue weighted by molar-refractivity contribution is -0.128. The van der Waals surface area contributed by atoms with Gasteiger partial charge in [-0.3, -0.25) is 9.59 Å². The van der Waals surface area contributed by atoms with E-state index in [4.69, 9.17) is 11.6 Å². The quantitative estimate of drug-likeness (QED) is 0.796. The van der Waals surface area contributed by atoms with Crippen molar-refractivity contribution < 1.29 is 9.59 Å². The smallest absolute Gasteiger partial charge is 0.243 e. The maximum absolute atomic E-state index is 11.9. The third-order valence-corrected chi connectivity index (χ3v) is 3.88. The standard InChI is InChI=1S/C19H22ClN3O2/c1-23(2)19(25)11-8-14-6-9-16(10-7-14)21-13-18(24)22-17-5-3-4-15(20)12-17/h3-7,9-10,12,21H,8,11,13H2,1-2H3,(H,22,24). The van der Waals surface area contributed by atoms with Crippen molar-refractivity contribution in [1.29, 1.82) is 0 Å². The molecule has 2 amide bonds. The summed E-state index contributed by atoms with van der Waals surface area (Å²) in [7, 11) is 3.51. The molecule has 0 fully saturated rings. The van der Waals surface area contributed by atoms with Crippen molar-refractivity contribution in [3.8, 4) is 0 Å². The van der Waals surface area contributed by atoms with E-state index >= 15 is 0 Å². The lowest BCUT2D eigenvalue weighted by atomic mass is 10.1. The van der Waals surface area contributed by atoms with Crippen LogP contribution in [0, 0.1) is 0 Å². The summed E-state index contributed by atoms with van der Waals surface area (Å²) in [4.78, 5) is 25.1. The second kappa shape index (κ2) is 9.08. The summed E-state index contributed by atoms with van der Waals surface area (Å²) < 4.78 is 0. The van der Waals surface area contributed by atoms with Gasteiger partial charge in [0.2, 0.25) is 11.8 Å². The van der Waals surface area contributed by atoms with Crippen molar-refractivity contribution in [2.24, 2.45) is 0 Å². The molecular formula is C19H22ClN3O2. The Bertz CT molecular complexity index is 730. The summed E-state index contributed by atoms with van der Waals surface area (Å²) in [5.41, 5.74) is 2.60. The number of benzene rings is 2. The first kappa shape index (κ1) is 18.8. The van der Waals surface area contributed by atoms with Gasteiger partial charge in [0.05, 0.1) is 6.54 Å². The number of hydrogen-bond acceptors (Lipinski definition) is 3. The Hall–Kier alpha value is -2.53. The summed E-state index contributed by atoms with van der Waals surface area (Å²) in [6.45, 7) is 0.158. The van der Waals surface area contributed by atoms with Crippen molar-refractivity contribution >= 4 is 34.8 Å². The third kappa shape index (κ3) is 6.47. The lowest BCUT2D eigenvalue weighted by Crippen LogP contribution is -2.22. The van der Waals surface area contributed by atoms with E-state index in [1.54, 1.807) is 43.3 Å². The summed E-state index contributed by atoms with van der Waals surface area (Å²) in [5, 5.41) is 6.43. The minimum atomic E-state index is -0.150. The predicted molar refractivity (Wildman–Crippen MR) is 102 cm³/mol. The van der Waals surface area contributed by atoms with Crippen molar-refractivity contribution in [2.45, 2.75) is 12.8 Å². The van der Waals surface area contributed by atoms with Crippen LogP contribution in [-0.4, -0.2) is 37.4 Å². The van der Waals surface area contributed by atoms with Gasteiger partial charge in [0.15, 0.2) is 0 Å². The number of rotatable bonds is 7. The third-order valence-electron chi connectivity index (χ3n) is 3.64. The Morgan fingerprint density at radius 3 is 2.40 bits per heavy atom. The van der Waals surface area contributed by atoms with Gasteiger partial charge in [-0.05, 0) is 42.3 Å². The van der Waals surface area contributed by atoms with Gasteiger partial charge in [0.25, 0.3) is 0 Å². The van der Waals surface area contributed by atoms with Crippen LogP contribution in [0.4, 0.5) is 11.4 Å². The Labute approximate surface area is 153 Å². The number of carbonyl (C=O) groups excluding carboxylic acids is 2. The number of nitrogens with zero attached hydrogens (tertiary/aromatic N) is 1. The van der Waals surface area contributed by atoms with Gasteiger partial charge >= 0.3 is 0 Å². The van der Waals surface area contributed by atoms with Crippen LogP contribution in [0.15, 0.2) is 48.5 Å².